The highest BCUT2D eigenvalue weighted by Crippen LogP contribution is 2.19. The fraction of sp³-hybridized carbons (Fsp3) is 0.0769. The van der Waals surface area contributed by atoms with Crippen LogP contribution in [0.4, 0.5) is 4.39 Å². The molecule has 0 aliphatic heterocycles. The number of aromatic amines is 1. The van der Waals surface area contributed by atoms with Crippen LogP contribution >= 0.6 is 15.9 Å². The van der Waals surface area contributed by atoms with Gasteiger partial charge in [0, 0.05) is 16.7 Å². The number of nitrogens with one attached hydrogen (secondary N) is 1. The molecule has 0 bridgehead atoms. The van der Waals surface area contributed by atoms with Crippen molar-refractivity contribution < 1.29 is 9.13 Å². The van der Waals surface area contributed by atoms with Crippen molar-refractivity contribution in [1.29, 1.82) is 0 Å². The predicted octanol–water partition coefficient (Wildman–Crippen LogP) is 1.83. The Morgan fingerprint density at radius 3 is 2.86 bits per heavy atom. The molecule has 0 unspecified atom stereocenters. The van der Waals surface area contributed by atoms with E-state index in [-0.39, 0.29) is 17.9 Å². The van der Waals surface area contributed by atoms with E-state index in [1.807, 2.05) is 0 Å². The molecule has 112 valence electrons. The van der Waals surface area contributed by atoms with Gasteiger partial charge in [0.2, 0.25) is 5.88 Å². The Hall–Kier alpha value is -2.55. The summed E-state index contributed by atoms with van der Waals surface area (Å²) in [6.07, 6.45) is 1.57. The van der Waals surface area contributed by atoms with Crippen LogP contribution < -0.4 is 10.4 Å². The van der Waals surface area contributed by atoms with Gasteiger partial charge in [0.15, 0.2) is 0 Å². The molecule has 7 nitrogen and oxygen atoms in total. The normalized spacial score (nSPS) is 10.6. The minimum Gasteiger partial charge on any atom is -0.473 e. The lowest BCUT2D eigenvalue weighted by Crippen LogP contribution is -2.19. The number of rotatable bonds is 4. The van der Waals surface area contributed by atoms with Crippen LogP contribution in [0.3, 0.4) is 0 Å². The van der Waals surface area contributed by atoms with Gasteiger partial charge in [-0.2, -0.15) is 4.68 Å². The first-order chi connectivity index (χ1) is 10.6. The lowest BCUT2D eigenvalue weighted by molar-refractivity contribution is 0.287. The summed E-state index contributed by atoms with van der Waals surface area (Å²) in [5.41, 5.74) is -0.118. The largest absolute Gasteiger partial charge is 0.473 e. The quantitative estimate of drug-likeness (QED) is 0.762. The standard InChI is InChI=1S/C13H9BrFN5O2/c14-8-4-5-12(16-6-8)22-7-9-10(15)2-1-3-11(9)20-13(21)17-18-19-20/h1-6H,7H2,(H,17,19,21). The maximum Gasteiger partial charge on any atom is 0.365 e. The van der Waals surface area contributed by atoms with Crippen LogP contribution in [0.1, 0.15) is 5.56 Å². The summed E-state index contributed by atoms with van der Waals surface area (Å²) in [6.45, 7) is -0.101. The molecule has 22 heavy (non-hydrogen) atoms. The van der Waals surface area contributed by atoms with E-state index in [0.29, 0.717) is 5.88 Å². The second-order valence-corrected chi connectivity index (χ2v) is 5.17. The molecule has 0 saturated carbocycles. The zero-order chi connectivity index (χ0) is 15.5. The van der Waals surface area contributed by atoms with Crippen LogP contribution in [0.15, 0.2) is 45.8 Å². The third-order valence-electron chi connectivity index (χ3n) is 2.86. The van der Waals surface area contributed by atoms with Crippen molar-refractivity contribution in [3.8, 4) is 11.6 Å². The number of hydrogen-bond donors (Lipinski definition) is 1. The van der Waals surface area contributed by atoms with Gasteiger partial charge in [-0.25, -0.2) is 19.3 Å². The fourth-order valence-electron chi connectivity index (χ4n) is 1.84. The van der Waals surface area contributed by atoms with E-state index in [1.54, 1.807) is 24.4 Å². The molecule has 1 aromatic carbocycles. The highest BCUT2D eigenvalue weighted by atomic mass is 79.9. The summed E-state index contributed by atoms with van der Waals surface area (Å²) < 4.78 is 21.3. The number of benzene rings is 1. The highest BCUT2D eigenvalue weighted by molar-refractivity contribution is 9.10. The van der Waals surface area contributed by atoms with Crippen molar-refractivity contribution in [2.45, 2.75) is 6.61 Å². The average molecular weight is 366 g/mol. The van der Waals surface area contributed by atoms with E-state index in [9.17, 15) is 9.18 Å². The molecule has 0 amide bonds. The Kier molecular flexibility index (Phi) is 3.96. The van der Waals surface area contributed by atoms with E-state index in [0.717, 1.165) is 9.15 Å². The van der Waals surface area contributed by atoms with Crippen molar-refractivity contribution in [2.75, 3.05) is 0 Å². The van der Waals surface area contributed by atoms with Gasteiger partial charge in [-0.3, -0.25) is 0 Å². The number of ether oxygens (including phenoxy) is 1. The van der Waals surface area contributed by atoms with Crippen LogP contribution in [0.5, 0.6) is 5.88 Å². The molecule has 0 radical (unpaired) electrons. The first-order valence-electron chi connectivity index (χ1n) is 6.17. The molecule has 0 saturated heterocycles. The van der Waals surface area contributed by atoms with Gasteiger partial charge in [0.05, 0.1) is 11.3 Å². The minimum absolute atomic E-state index is 0.101. The maximum absolute atomic E-state index is 14.1. The molecule has 0 aliphatic carbocycles. The number of nitrogens with zero attached hydrogens (tertiary/aromatic N) is 4. The maximum atomic E-state index is 14.1. The molecule has 0 fully saturated rings. The van der Waals surface area contributed by atoms with Gasteiger partial charge in [-0.05, 0) is 44.6 Å². The lowest BCUT2D eigenvalue weighted by atomic mass is 10.2. The van der Waals surface area contributed by atoms with E-state index < -0.39 is 11.5 Å². The SMILES string of the molecule is O=c1[nH]nnn1-c1cccc(F)c1COc1ccc(Br)cn1. The van der Waals surface area contributed by atoms with E-state index in [2.05, 4.69) is 36.4 Å². The first kappa shape index (κ1) is 14.4. The van der Waals surface area contributed by atoms with Gasteiger partial charge in [-0.1, -0.05) is 6.07 Å². The first-order valence-corrected chi connectivity index (χ1v) is 6.97. The van der Waals surface area contributed by atoms with Gasteiger partial charge < -0.3 is 4.74 Å². The van der Waals surface area contributed by atoms with Crippen molar-refractivity contribution in [2.24, 2.45) is 0 Å². The summed E-state index contributed by atoms with van der Waals surface area (Å²) in [5, 5.41) is 9.16. The molecular weight excluding hydrogens is 357 g/mol. The second-order valence-electron chi connectivity index (χ2n) is 4.26. The third kappa shape index (κ3) is 2.89. The molecule has 2 heterocycles. The fourth-order valence-corrected chi connectivity index (χ4v) is 2.07. The van der Waals surface area contributed by atoms with E-state index >= 15 is 0 Å². The van der Waals surface area contributed by atoms with Crippen molar-refractivity contribution in [3.63, 3.8) is 0 Å². The molecule has 0 atom stereocenters. The minimum atomic E-state index is -0.561. The topological polar surface area (TPSA) is 85.7 Å². The van der Waals surface area contributed by atoms with E-state index in [1.165, 1.54) is 12.1 Å². The Labute approximate surface area is 131 Å². The molecule has 2 aromatic heterocycles. The molecule has 3 rings (SSSR count). The Bertz CT molecular complexity index is 846. The Balaban J connectivity index is 1.92. The number of hydrogen-bond acceptors (Lipinski definition) is 5. The number of aromatic nitrogens is 5. The smallest absolute Gasteiger partial charge is 0.365 e. The van der Waals surface area contributed by atoms with Gasteiger partial charge >= 0.3 is 5.69 Å². The van der Waals surface area contributed by atoms with Crippen molar-refractivity contribution in [1.82, 2.24) is 25.2 Å². The molecule has 1 N–H and O–H groups in total. The van der Waals surface area contributed by atoms with Crippen molar-refractivity contribution in [3.05, 3.63) is 62.9 Å². The number of halogens is 2. The summed E-state index contributed by atoms with van der Waals surface area (Å²) in [5.74, 6) is -0.172. The molecular formula is C13H9BrFN5O2. The molecule has 0 spiro atoms. The Morgan fingerprint density at radius 1 is 1.32 bits per heavy atom. The van der Waals surface area contributed by atoms with Gasteiger partial charge in [-0.15, -0.1) is 0 Å². The number of pyridine rings is 1. The molecule has 3 aromatic rings. The molecule has 0 aliphatic rings. The van der Waals surface area contributed by atoms with Gasteiger partial charge in [0.25, 0.3) is 0 Å². The summed E-state index contributed by atoms with van der Waals surface area (Å²) in [6, 6.07) is 7.72. The zero-order valence-corrected chi connectivity index (χ0v) is 12.6. The van der Waals surface area contributed by atoms with E-state index in [4.69, 9.17) is 4.74 Å². The van der Waals surface area contributed by atoms with Crippen LogP contribution in [0.25, 0.3) is 5.69 Å². The number of tetrazole rings is 1. The van der Waals surface area contributed by atoms with Crippen LogP contribution in [-0.4, -0.2) is 25.2 Å². The van der Waals surface area contributed by atoms with Crippen molar-refractivity contribution >= 4 is 15.9 Å². The summed E-state index contributed by atoms with van der Waals surface area (Å²) >= 11 is 3.26. The van der Waals surface area contributed by atoms with Crippen LogP contribution in [0.2, 0.25) is 0 Å². The monoisotopic (exact) mass is 365 g/mol. The molecule has 9 heteroatoms. The Morgan fingerprint density at radius 2 is 2.18 bits per heavy atom. The summed E-state index contributed by atoms with van der Waals surface area (Å²) in [4.78, 5) is 15.6. The highest BCUT2D eigenvalue weighted by Gasteiger charge is 2.14. The van der Waals surface area contributed by atoms with Gasteiger partial charge in [0.1, 0.15) is 12.4 Å². The summed E-state index contributed by atoms with van der Waals surface area (Å²) in [7, 11) is 0. The lowest BCUT2D eigenvalue weighted by Gasteiger charge is -2.10. The number of H-pyrrole nitrogens is 1. The third-order valence-corrected chi connectivity index (χ3v) is 3.33. The average Bonchev–Trinajstić information content (AvgIpc) is 2.93. The van der Waals surface area contributed by atoms with Crippen LogP contribution in [0, 0.1) is 5.82 Å². The second kappa shape index (κ2) is 6.06. The predicted molar refractivity (Wildman–Crippen MR) is 78.2 cm³/mol. The zero-order valence-electron chi connectivity index (χ0n) is 11.0. The van der Waals surface area contributed by atoms with Crippen LogP contribution in [-0.2, 0) is 6.61 Å².